The van der Waals surface area contributed by atoms with Crippen LogP contribution >= 0.6 is 15.9 Å². The van der Waals surface area contributed by atoms with Gasteiger partial charge in [-0.25, -0.2) is 0 Å². The molecular weight excluding hydrogens is 318 g/mol. The van der Waals surface area contributed by atoms with Crippen LogP contribution in [-0.2, 0) is 6.42 Å². The quantitative estimate of drug-likeness (QED) is 0.871. The van der Waals surface area contributed by atoms with E-state index in [4.69, 9.17) is 4.42 Å². The molecule has 5 heteroatoms. The standard InChI is InChI=1S/C15H20BrN3O/c1-4-7-17-14(15-12(16)6-8-20-15)11-9-10(3)18-19-13(11)5-2/h6,8-9,14,17H,4-5,7H2,1-3H3. The van der Waals surface area contributed by atoms with Gasteiger partial charge >= 0.3 is 0 Å². The Hall–Kier alpha value is -1.20. The Balaban J connectivity index is 2.46. The van der Waals surface area contributed by atoms with Gasteiger partial charge in [0.1, 0.15) is 5.76 Å². The molecule has 1 N–H and O–H groups in total. The summed E-state index contributed by atoms with van der Waals surface area (Å²) in [5.41, 5.74) is 3.07. The zero-order valence-corrected chi connectivity index (χ0v) is 13.7. The second kappa shape index (κ2) is 6.99. The fourth-order valence-corrected chi connectivity index (χ4v) is 2.63. The molecule has 0 saturated carbocycles. The predicted octanol–water partition coefficient (Wildman–Crippen LogP) is 3.79. The number of nitrogens with one attached hydrogen (secondary N) is 1. The highest BCUT2D eigenvalue weighted by Gasteiger charge is 2.23. The van der Waals surface area contributed by atoms with Gasteiger partial charge in [0.05, 0.1) is 28.2 Å². The van der Waals surface area contributed by atoms with E-state index < -0.39 is 0 Å². The molecular formula is C15H20BrN3O. The zero-order valence-electron chi connectivity index (χ0n) is 12.1. The Kier molecular flexibility index (Phi) is 5.31. The largest absolute Gasteiger partial charge is 0.466 e. The molecule has 2 aromatic heterocycles. The highest BCUT2D eigenvalue weighted by atomic mass is 79.9. The van der Waals surface area contributed by atoms with Crippen LogP contribution in [0.2, 0.25) is 0 Å². The fraction of sp³-hybridized carbons (Fsp3) is 0.467. The van der Waals surface area contributed by atoms with Gasteiger partial charge in [0.2, 0.25) is 0 Å². The molecule has 0 aliphatic carbocycles. The van der Waals surface area contributed by atoms with Gasteiger partial charge in [0, 0.05) is 5.56 Å². The van der Waals surface area contributed by atoms with Crippen molar-refractivity contribution in [3.8, 4) is 0 Å². The van der Waals surface area contributed by atoms with Gasteiger partial charge in [-0.1, -0.05) is 13.8 Å². The van der Waals surface area contributed by atoms with Gasteiger partial charge in [0.15, 0.2) is 0 Å². The number of nitrogens with zero attached hydrogens (tertiary/aromatic N) is 2. The van der Waals surface area contributed by atoms with Gasteiger partial charge in [-0.3, -0.25) is 0 Å². The molecule has 4 nitrogen and oxygen atoms in total. The lowest BCUT2D eigenvalue weighted by atomic mass is 10.0. The Morgan fingerprint density at radius 2 is 2.15 bits per heavy atom. The van der Waals surface area contributed by atoms with Crippen molar-refractivity contribution in [1.29, 1.82) is 0 Å². The van der Waals surface area contributed by atoms with Crippen LogP contribution in [0, 0.1) is 6.92 Å². The molecule has 0 amide bonds. The molecule has 20 heavy (non-hydrogen) atoms. The minimum atomic E-state index is 0.00322. The number of aryl methyl sites for hydroxylation is 2. The van der Waals surface area contributed by atoms with E-state index in [2.05, 4.69) is 51.4 Å². The first-order chi connectivity index (χ1) is 9.67. The van der Waals surface area contributed by atoms with Gasteiger partial charge in [-0.15, -0.1) is 0 Å². The maximum Gasteiger partial charge on any atom is 0.139 e. The lowest BCUT2D eigenvalue weighted by molar-refractivity contribution is 0.441. The van der Waals surface area contributed by atoms with E-state index in [9.17, 15) is 0 Å². The number of rotatable bonds is 6. The van der Waals surface area contributed by atoms with Crippen LogP contribution in [0.15, 0.2) is 27.3 Å². The Morgan fingerprint density at radius 3 is 2.75 bits per heavy atom. The van der Waals surface area contributed by atoms with Gasteiger partial charge in [-0.2, -0.15) is 10.2 Å². The molecule has 1 unspecified atom stereocenters. The molecule has 108 valence electrons. The second-order valence-corrected chi connectivity index (χ2v) is 5.62. The molecule has 2 rings (SSSR count). The fourth-order valence-electron chi connectivity index (χ4n) is 2.20. The van der Waals surface area contributed by atoms with E-state index in [1.807, 2.05) is 13.0 Å². The lowest BCUT2D eigenvalue weighted by Crippen LogP contribution is -2.25. The minimum Gasteiger partial charge on any atom is -0.466 e. The summed E-state index contributed by atoms with van der Waals surface area (Å²) in [6.07, 6.45) is 3.62. The molecule has 0 aliphatic rings. The third kappa shape index (κ3) is 3.27. The third-order valence-corrected chi connectivity index (χ3v) is 3.83. The average Bonchev–Trinajstić information content (AvgIpc) is 2.86. The van der Waals surface area contributed by atoms with Crippen molar-refractivity contribution in [2.24, 2.45) is 0 Å². The van der Waals surface area contributed by atoms with Gasteiger partial charge in [-0.05, 0) is 54.4 Å². The monoisotopic (exact) mass is 337 g/mol. The molecule has 1 atom stereocenters. The summed E-state index contributed by atoms with van der Waals surface area (Å²) in [5.74, 6) is 0.889. The highest BCUT2D eigenvalue weighted by Crippen LogP contribution is 2.31. The first kappa shape index (κ1) is 15.2. The van der Waals surface area contributed by atoms with E-state index in [1.54, 1.807) is 6.26 Å². The molecule has 0 radical (unpaired) electrons. The topological polar surface area (TPSA) is 51.0 Å². The summed E-state index contributed by atoms with van der Waals surface area (Å²) in [6, 6.07) is 4.01. The van der Waals surface area contributed by atoms with Crippen LogP contribution in [0.5, 0.6) is 0 Å². The maximum atomic E-state index is 5.66. The van der Waals surface area contributed by atoms with Crippen molar-refractivity contribution in [2.45, 2.75) is 39.7 Å². The van der Waals surface area contributed by atoms with Gasteiger partial charge in [0.25, 0.3) is 0 Å². The molecule has 0 aromatic carbocycles. The maximum absolute atomic E-state index is 5.66. The molecule has 0 aliphatic heterocycles. The minimum absolute atomic E-state index is 0.00322. The molecule has 0 fully saturated rings. The first-order valence-electron chi connectivity index (χ1n) is 6.96. The van der Waals surface area contributed by atoms with Crippen molar-refractivity contribution in [1.82, 2.24) is 15.5 Å². The van der Waals surface area contributed by atoms with Crippen LogP contribution in [0.3, 0.4) is 0 Å². The van der Waals surface area contributed by atoms with Crippen molar-refractivity contribution in [2.75, 3.05) is 6.54 Å². The van der Waals surface area contributed by atoms with Crippen LogP contribution in [0.1, 0.15) is 49.0 Å². The van der Waals surface area contributed by atoms with E-state index in [-0.39, 0.29) is 6.04 Å². The highest BCUT2D eigenvalue weighted by molar-refractivity contribution is 9.10. The number of hydrogen-bond acceptors (Lipinski definition) is 4. The number of aromatic nitrogens is 2. The summed E-state index contributed by atoms with van der Waals surface area (Å²) < 4.78 is 6.63. The van der Waals surface area contributed by atoms with Crippen molar-refractivity contribution in [3.63, 3.8) is 0 Å². The van der Waals surface area contributed by atoms with Gasteiger partial charge < -0.3 is 9.73 Å². The van der Waals surface area contributed by atoms with Crippen LogP contribution in [0.25, 0.3) is 0 Å². The summed E-state index contributed by atoms with van der Waals surface area (Å²) in [7, 11) is 0. The van der Waals surface area contributed by atoms with Crippen LogP contribution in [0.4, 0.5) is 0 Å². The van der Waals surface area contributed by atoms with Crippen molar-refractivity contribution >= 4 is 15.9 Å². The summed E-state index contributed by atoms with van der Waals surface area (Å²) >= 11 is 3.55. The Bertz CT molecular complexity index is 568. The molecule has 0 bridgehead atoms. The summed E-state index contributed by atoms with van der Waals surface area (Å²) in [4.78, 5) is 0. The number of halogens is 1. The van der Waals surface area contributed by atoms with E-state index in [1.165, 1.54) is 0 Å². The van der Waals surface area contributed by atoms with E-state index in [0.29, 0.717) is 0 Å². The first-order valence-corrected chi connectivity index (χ1v) is 7.76. The SMILES string of the molecule is CCCNC(c1cc(C)nnc1CC)c1occc1Br. The Morgan fingerprint density at radius 1 is 1.35 bits per heavy atom. The summed E-state index contributed by atoms with van der Waals surface area (Å²) in [5, 5.41) is 12.0. The predicted molar refractivity (Wildman–Crippen MR) is 82.7 cm³/mol. The van der Waals surface area contributed by atoms with Crippen LogP contribution < -0.4 is 5.32 Å². The van der Waals surface area contributed by atoms with E-state index >= 15 is 0 Å². The molecule has 2 aromatic rings. The van der Waals surface area contributed by atoms with E-state index in [0.717, 1.165) is 46.6 Å². The Labute approximate surface area is 128 Å². The number of hydrogen-bond donors (Lipinski definition) is 1. The lowest BCUT2D eigenvalue weighted by Gasteiger charge is -2.19. The normalized spacial score (nSPS) is 12.6. The third-order valence-electron chi connectivity index (χ3n) is 3.18. The second-order valence-electron chi connectivity index (χ2n) is 4.76. The molecule has 0 saturated heterocycles. The number of furan rings is 1. The smallest absolute Gasteiger partial charge is 0.139 e. The molecule has 2 heterocycles. The summed E-state index contributed by atoms with van der Waals surface area (Å²) in [6.45, 7) is 7.13. The van der Waals surface area contributed by atoms with Crippen molar-refractivity contribution < 1.29 is 4.42 Å². The zero-order chi connectivity index (χ0) is 14.5. The molecule has 0 spiro atoms. The van der Waals surface area contributed by atoms with Crippen LogP contribution in [-0.4, -0.2) is 16.7 Å². The average molecular weight is 338 g/mol. The van der Waals surface area contributed by atoms with Crippen molar-refractivity contribution in [3.05, 3.63) is 45.6 Å².